The fourth-order valence-corrected chi connectivity index (χ4v) is 15.0. The molecule has 0 aliphatic carbocycles. The van der Waals surface area contributed by atoms with Gasteiger partial charge in [-0.3, -0.25) is 0 Å². The zero-order chi connectivity index (χ0) is 80.6. The highest BCUT2D eigenvalue weighted by molar-refractivity contribution is 6.63. The van der Waals surface area contributed by atoms with Gasteiger partial charge in [-0.15, -0.1) is 0 Å². The van der Waals surface area contributed by atoms with E-state index in [1.165, 1.54) is 0 Å². The summed E-state index contributed by atoms with van der Waals surface area (Å²) in [6.45, 7) is 24.9. The first kappa shape index (κ1) is 76.1. The van der Waals surface area contributed by atoms with Gasteiger partial charge in [0, 0.05) is 50.1 Å². The van der Waals surface area contributed by atoms with Crippen LogP contribution in [-0.2, 0) is 27.9 Å². The topological polar surface area (TPSA) is 146 Å². The van der Waals surface area contributed by atoms with Crippen molar-refractivity contribution in [3.05, 3.63) is 315 Å². The normalized spacial score (nSPS) is 16.2. The number of hydrogen-bond acceptors (Lipinski definition) is 13. The van der Waals surface area contributed by atoms with E-state index in [1.807, 2.05) is 48.5 Å². The summed E-state index contributed by atoms with van der Waals surface area (Å²) in [6, 6.07) is 109. The van der Waals surface area contributed by atoms with Crippen LogP contribution in [0.4, 0.5) is 0 Å². The van der Waals surface area contributed by atoms with Crippen molar-refractivity contribution >= 4 is 37.7 Å². The third kappa shape index (κ3) is 15.3. The Morgan fingerprint density at radius 1 is 0.162 bits per heavy atom. The smallest absolute Gasteiger partial charge is 0.399 e. The Hall–Kier alpha value is -12.2. The molecular formula is C101H88B3N7O6. The third-order valence-corrected chi connectivity index (χ3v) is 24.2. The molecule has 12 aromatic carbocycles. The maximum atomic E-state index is 6.42. The lowest BCUT2D eigenvalue weighted by Crippen LogP contribution is -2.41. The van der Waals surface area contributed by atoms with E-state index >= 15 is 0 Å². The van der Waals surface area contributed by atoms with Gasteiger partial charge in [-0.2, -0.15) is 0 Å². The van der Waals surface area contributed by atoms with Crippen LogP contribution in [0.5, 0.6) is 0 Å². The number of aromatic nitrogens is 7. The highest BCUT2D eigenvalue weighted by Gasteiger charge is 2.54. The Kier molecular flexibility index (Phi) is 19.6. The van der Waals surface area contributed by atoms with E-state index in [0.717, 1.165) is 145 Å². The van der Waals surface area contributed by atoms with Crippen LogP contribution in [0.15, 0.2) is 315 Å². The van der Waals surface area contributed by atoms with Crippen molar-refractivity contribution in [3.63, 3.8) is 0 Å². The van der Waals surface area contributed by atoms with Crippen LogP contribution in [0.25, 0.3) is 158 Å². The van der Waals surface area contributed by atoms with E-state index in [0.29, 0.717) is 29.1 Å². The molecule has 0 radical (unpaired) electrons. The van der Waals surface area contributed by atoms with Crippen molar-refractivity contribution in [3.8, 4) is 158 Å². The van der Waals surface area contributed by atoms with Crippen molar-refractivity contribution in [2.45, 2.75) is 117 Å². The second-order valence-electron chi connectivity index (χ2n) is 33.6. The van der Waals surface area contributed by atoms with Crippen LogP contribution in [0.2, 0.25) is 0 Å². The van der Waals surface area contributed by atoms with Gasteiger partial charge in [-0.05, 0) is 185 Å². The zero-order valence-electron chi connectivity index (χ0n) is 67.8. The van der Waals surface area contributed by atoms with Gasteiger partial charge in [0.15, 0.2) is 29.1 Å². The van der Waals surface area contributed by atoms with E-state index < -0.39 is 55.0 Å². The molecule has 3 aromatic heterocycles. The highest BCUT2D eigenvalue weighted by atomic mass is 16.7. The molecule has 0 unspecified atom stereocenters. The summed E-state index contributed by atoms with van der Waals surface area (Å²) in [5, 5.41) is 0. The molecule has 0 atom stereocenters. The van der Waals surface area contributed by atoms with E-state index in [1.54, 1.807) is 0 Å². The van der Waals surface area contributed by atoms with Crippen LogP contribution in [0.1, 0.15) is 83.1 Å². The molecule has 0 N–H and O–H groups in total. The SMILES string of the molecule is CC1(C)OB(c2ccc(-c3ccc(-c4cc(-c5ccccc5)nc(-c5cccc(-c6cccc(-c7cc(-c8ccc(-c9ccc(B%10OC(C)(C)C(C)(C)O%10)cc9)cc8)nc(-c8cccc(-c9ccc(-c%10nc(-c%11ccccc%11)nc(-c%11ccc(-c%12cccc(B%13OC(C)(C)C(C)(C)O%13)c%12)cc%11)n%10)cc9)c8)n7)c6)c5)n4)cc3)cc2)OC1(C)C. The maximum Gasteiger partial charge on any atom is 0.494 e. The second kappa shape index (κ2) is 30.1. The molecule has 13 nitrogen and oxygen atoms in total. The lowest BCUT2D eigenvalue weighted by atomic mass is 9.78. The largest absolute Gasteiger partial charge is 0.494 e. The molecule has 117 heavy (non-hydrogen) atoms. The fourth-order valence-electron chi connectivity index (χ4n) is 15.0. The van der Waals surface area contributed by atoms with Gasteiger partial charge in [-0.1, -0.05) is 285 Å². The van der Waals surface area contributed by atoms with Gasteiger partial charge in [0.2, 0.25) is 0 Å². The Bertz CT molecular complexity index is 6160. The standard InChI is InChI=1S/C101H88B3N7O6/c1-96(2)97(3,4)113-102(112-96)84-55-51-67(52-56-84)65-35-43-72(44-36-65)88-63-87(71-23-15-13-16-24-71)105-94(106-88)83-33-21-29-79(61-83)78-28-19-31-81(59-78)90-64-89(73-45-37-66(38-46-73)68-53-57-85(58-54-68)103-114-98(5,6)99(7,8)115-103)107-95(108-90)82-32-20-27-77(60-82)69-39-47-75(48-40-69)92-109-91(74-25-17-14-18-26-74)110-93(111-92)76-49-41-70(42-50-76)80-30-22-34-86(62-80)104-116-100(9,10)101(11,12)117-104/h13-64H,1-12H3. The molecule has 0 saturated carbocycles. The maximum absolute atomic E-state index is 6.42. The molecule has 0 amide bonds. The van der Waals surface area contributed by atoms with Gasteiger partial charge in [0.05, 0.1) is 56.4 Å². The quantitative estimate of drug-likeness (QED) is 0.0798. The predicted molar refractivity (Wildman–Crippen MR) is 474 cm³/mol. The van der Waals surface area contributed by atoms with Gasteiger partial charge >= 0.3 is 21.4 Å². The summed E-state index contributed by atoms with van der Waals surface area (Å²) < 4.78 is 38.4. The van der Waals surface area contributed by atoms with Crippen LogP contribution in [0, 0.1) is 0 Å². The van der Waals surface area contributed by atoms with Gasteiger partial charge in [0.25, 0.3) is 0 Å². The summed E-state index contributed by atoms with van der Waals surface area (Å²) >= 11 is 0. The van der Waals surface area contributed by atoms with Gasteiger partial charge in [-0.25, -0.2) is 34.9 Å². The molecule has 572 valence electrons. The van der Waals surface area contributed by atoms with E-state index in [2.05, 4.69) is 350 Å². The average molecular weight is 1530 g/mol. The molecule has 3 aliphatic heterocycles. The lowest BCUT2D eigenvalue weighted by molar-refractivity contribution is 0.00578. The molecule has 15 aromatic rings. The second-order valence-corrected chi connectivity index (χ2v) is 33.6. The number of rotatable bonds is 17. The number of benzene rings is 12. The van der Waals surface area contributed by atoms with Gasteiger partial charge in [0.1, 0.15) is 0 Å². The van der Waals surface area contributed by atoms with Crippen LogP contribution in [0.3, 0.4) is 0 Å². The van der Waals surface area contributed by atoms with Crippen molar-refractivity contribution in [2.24, 2.45) is 0 Å². The molecule has 16 heteroatoms. The van der Waals surface area contributed by atoms with Crippen LogP contribution >= 0.6 is 0 Å². The summed E-state index contributed by atoms with van der Waals surface area (Å²) in [4.78, 5) is 36.8. The minimum atomic E-state index is -0.465. The van der Waals surface area contributed by atoms with Crippen molar-refractivity contribution in [1.29, 1.82) is 0 Å². The van der Waals surface area contributed by atoms with Crippen molar-refractivity contribution in [2.75, 3.05) is 0 Å². The first-order valence-corrected chi connectivity index (χ1v) is 40.1. The van der Waals surface area contributed by atoms with Crippen molar-refractivity contribution < 1.29 is 27.9 Å². The summed E-state index contributed by atoms with van der Waals surface area (Å²) in [5.41, 5.74) is 22.2. The lowest BCUT2D eigenvalue weighted by Gasteiger charge is -2.32. The highest BCUT2D eigenvalue weighted by Crippen LogP contribution is 2.42. The monoisotopic (exact) mass is 1530 g/mol. The minimum Gasteiger partial charge on any atom is -0.399 e. The molecule has 0 bridgehead atoms. The van der Waals surface area contributed by atoms with E-state index in [9.17, 15) is 0 Å². The predicted octanol–water partition coefficient (Wildman–Crippen LogP) is 21.7. The molecule has 3 aliphatic rings. The molecule has 3 saturated heterocycles. The molecule has 18 rings (SSSR count). The van der Waals surface area contributed by atoms with Gasteiger partial charge < -0.3 is 27.9 Å². The summed E-state index contributed by atoms with van der Waals surface area (Å²) in [5.74, 6) is 2.91. The molecular weight excluding hydrogens is 1440 g/mol. The van der Waals surface area contributed by atoms with Crippen LogP contribution in [-0.4, -0.2) is 89.8 Å². The molecule has 3 fully saturated rings. The Balaban J connectivity index is 0.652. The van der Waals surface area contributed by atoms with E-state index in [4.69, 9.17) is 62.8 Å². The van der Waals surface area contributed by atoms with Crippen molar-refractivity contribution in [1.82, 2.24) is 34.9 Å². The van der Waals surface area contributed by atoms with Crippen LogP contribution < -0.4 is 16.4 Å². The summed E-state index contributed by atoms with van der Waals surface area (Å²) in [6.07, 6.45) is 0. The first-order chi connectivity index (χ1) is 56.3. The fraction of sp³-hybridized carbons (Fsp3) is 0.178. The minimum absolute atomic E-state index is 0.420. The summed E-state index contributed by atoms with van der Waals surface area (Å²) in [7, 11) is -1.34. The first-order valence-electron chi connectivity index (χ1n) is 40.1. The molecule has 0 spiro atoms. The third-order valence-electron chi connectivity index (χ3n) is 24.2. The number of nitrogens with zero attached hydrogens (tertiary/aromatic N) is 7. The molecule has 6 heterocycles. The Labute approximate surface area is 686 Å². The Morgan fingerprint density at radius 3 is 0.735 bits per heavy atom. The average Bonchev–Trinajstić information content (AvgIpc) is 1.67. The van der Waals surface area contributed by atoms with E-state index in [-0.39, 0.29) is 0 Å². The zero-order valence-corrected chi connectivity index (χ0v) is 67.8. The Morgan fingerprint density at radius 2 is 0.376 bits per heavy atom. The number of hydrogen-bond donors (Lipinski definition) is 0.